The monoisotopic (exact) mass is 334 g/mol. The summed E-state index contributed by atoms with van der Waals surface area (Å²) in [6.07, 6.45) is 0.809. The summed E-state index contributed by atoms with van der Waals surface area (Å²) in [5.41, 5.74) is 6.04. The third-order valence-corrected chi connectivity index (χ3v) is 5.03. The van der Waals surface area contributed by atoms with Crippen LogP contribution in [-0.4, -0.2) is 61.2 Å². The van der Waals surface area contributed by atoms with E-state index in [1.807, 2.05) is 0 Å². The zero-order chi connectivity index (χ0) is 16.9. The molecule has 0 aromatic rings. The maximum atomic E-state index is 12.4. The summed E-state index contributed by atoms with van der Waals surface area (Å²) in [7, 11) is 0. The van der Waals surface area contributed by atoms with Gasteiger partial charge in [0.05, 0.1) is 6.54 Å². The van der Waals surface area contributed by atoms with Gasteiger partial charge in [-0.2, -0.15) is 13.2 Å². The molecule has 2 heterocycles. The summed E-state index contributed by atoms with van der Waals surface area (Å²) < 4.78 is 37.1. The predicted octanol–water partition coefficient (Wildman–Crippen LogP) is 2.70. The van der Waals surface area contributed by atoms with Crippen LogP contribution in [-0.2, 0) is 0 Å². The maximum absolute atomic E-state index is 12.4. The Balaban J connectivity index is 1.64. The van der Waals surface area contributed by atoms with Crippen molar-refractivity contribution in [3.8, 4) is 0 Å². The predicted molar refractivity (Wildman–Crippen MR) is 86.3 cm³/mol. The number of nitrogens with two attached hydrogens (primary N) is 1. The summed E-state index contributed by atoms with van der Waals surface area (Å²) in [5, 5.41) is 0. The van der Waals surface area contributed by atoms with Gasteiger partial charge in [0.25, 0.3) is 0 Å². The molecule has 0 radical (unpaired) electrons. The summed E-state index contributed by atoms with van der Waals surface area (Å²) in [6, 6.07) is 0. The van der Waals surface area contributed by atoms with E-state index in [0.717, 1.165) is 51.1 Å². The first kappa shape index (κ1) is 18.4. The number of rotatable bonds is 4. The molecule has 2 saturated heterocycles. The van der Waals surface area contributed by atoms with E-state index >= 15 is 0 Å². The Bertz CT molecular complexity index is 381. The average Bonchev–Trinajstić information content (AvgIpc) is 2.48. The molecule has 0 unspecified atom stereocenters. The minimum Gasteiger partial charge on any atom is -0.370 e. The van der Waals surface area contributed by atoms with Crippen molar-refractivity contribution in [2.45, 2.75) is 45.2 Å². The van der Waals surface area contributed by atoms with Gasteiger partial charge in [-0.25, -0.2) is 0 Å². The molecule has 2 rings (SSSR count). The van der Waals surface area contributed by atoms with Gasteiger partial charge >= 0.3 is 6.18 Å². The van der Waals surface area contributed by atoms with E-state index in [1.165, 1.54) is 4.90 Å². The lowest BCUT2D eigenvalue weighted by Crippen LogP contribution is -2.42. The van der Waals surface area contributed by atoms with Gasteiger partial charge in [-0.15, -0.1) is 0 Å². The maximum Gasteiger partial charge on any atom is 0.401 e. The number of likely N-dealkylation sites (tertiary alicyclic amines) is 2. The minimum atomic E-state index is -4.09. The van der Waals surface area contributed by atoms with E-state index in [1.54, 1.807) is 0 Å². The number of piperidine rings is 2. The third-order valence-electron chi connectivity index (χ3n) is 5.03. The molecule has 2 aliphatic rings. The third kappa shape index (κ3) is 6.57. The van der Waals surface area contributed by atoms with Crippen molar-refractivity contribution in [2.75, 3.05) is 39.3 Å². The summed E-state index contributed by atoms with van der Waals surface area (Å²) >= 11 is 0. The number of alkyl halides is 3. The van der Waals surface area contributed by atoms with Crippen LogP contribution in [0, 0.1) is 11.8 Å². The Labute approximate surface area is 136 Å². The molecule has 0 atom stereocenters. The lowest BCUT2D eigenvalue weighted by Gasteiger charge is -2.32. The molecule has 7 heteroatoms. The van der Waals surface area contributed by atoms with Crippen molar-refractivity contribution in [2.24, 2.45) is 22.6 Å². The van der Waals surface area contributed by atoms with Crippen molar-refractivity contribution < 1.29 is 13.2 Å². The molecule has 134 valence electrons. The van der Waals surface area contributed by atoms with Gasteiger partial charge in [-0.1, -0.05) is 6.92 Å². The Morgan fingerprint density at radius 3 is 2.26 bits per heavy atom. The molecular formula is C16H29F3N4. The second-order valence-corrected chi connectivity index (χ2v) is 7.03. The number of aliphatic imine (C=N–C) groups is 1. The first-order valence-electron chi connectivity index (χ1n) is 8.67. The lowest BCUT2D eigenvalue weighted by atomic mass is 9.93. The van der Waals surface area contributed by atoms with Gasteiger partial charge in [0.15, 0.2) is 5.96 Å². The minimum absolute atomic E-state index is 0.470. The smallest absolute Gasteiger partial charge is 0.370 e. The molecule has 0 saturated carbocycles. The van der Waals surface area contributed by atoms with Crippen molar-refractivity contribution in [1.82, 2.24) is 9.80 Å². The van der Waals surface area contributed by atoms with Crippen LogP contribution in [0.4, 0.5) is 13.2 Å². The van der Waals surface area contributed by atoms with Crippen LogP contribution in [0.25, 0.3) is 0 Å². The van der Waals surface area contributed by atoms with Crippen molar-refractivity contribution >= 4 is 5.96 Å². The van der Waals surface area contributed by atoms with Gasteiger partial charge in [-0.3, -0.25) is 9.89 Å². The summed E-state index contributed by atoms with van der Waals surface area (Å²) in [6.45, 7) is 5.19. The molecule has 2 aliphatic heterocycles. The highest BCUT2D eigenvalue weighted by molar-refractivity contribution is 5.78. The molecular weight excluding hydrogens is 305 g/mol. The van der Waals surface area contributed by atoms with Crippen LogP contribution in [0.5, 0.6) is 0 Å². The number of nitrogens with zero attached hydrogens (tertiary/aromatic N) is 3. The zero-order valence-corrected chi connectivity index (χ0v) is 14.0. The molecule has 0 aliphatic carbocycles. The highest BCUT2D eigenvalue weighted by Crippen LogP contribution is 2.24. The van der Waals surface area contributed by atoms with E-state index < -0.39 is 12.7 Å². The standard InChI is InChI=1S/C16H29F3N4/c1-13-3-10-23(11-4-13)15(20)21-7-2-14-5-8-22(9-6-14)12-16(17,18)19/h13-14H,2-12H2,1H3,(H2,20,21). The van der Waals surface area contributed by atoms with Gasteiger partial charge in [0, 0.05) is 19.6 Å². The number of halogens is 3. The molecule has 0 amide bonds. The Hall–Kier alpha value is -0.980. The fourth-order valence-corrected chi connectivity index (χ4v) is 3.39. The summed E-state index contributed by atoms with van der Waals surface area (Å²) in [4.78, 5) is 8.12. The first-order chi connectivity index (χ1) is 10.8. The van der Waals surface area contributed by atoms with Gasteiger partial charge < -0.3 is 10.6 Å². The molecule has 4 nitrogen and oxygen atoms in total. The number of guanidine groups is 1. The SMILES string of the molecule is CC1CCN(C(N)=NCCC2CCN(CC(F)(F)F)CC2)CC1. The molecule has 0 aromatic carbocycles. The van der Waals surface area contributed by atoms with E-state index in [0.29, 0.717) is 31.5 Å². The van der Waals surface area contributed by atoms with Crippen LogP contribution in [0.15, 0.2) is 4.99 Å². The van der Waals surface area contributed by atoms with Crippen molar-refractivity contribution in [3.05, 3.63) is 0 Å². The van der Waals surface area contributed by atoms with Crippen LogP contribution in [0.3, 0.4) is 0 Å². The van der Waals surface area contributed by atoms with Crippen molar-refractivity contribution in [1.29, 1.82) is 0 Å². The topological polar surface area (TPSA) is 44.9 Å². The van der Waals surface area contributed by atoms with Crippen LogP contribution < -0.4 is 5.73 Å². The molecule has 0 bridgehead atoms. The van der Waals surface area contributed by atoms with Gasteiger partial charge in [-0.05, 0) is 57.0 Å². The summed E-state index contributed by atoms with van der Waals surface area (Å²) in [5.74, 6) is 1.87. The molecule has 2 N–H and O–H groups in total. The quantitative estimate of drug-likeness (QED) is 0.635. The van der Waals surface area contributed by atoms with E-state index in [2.05, 4.69) is 16.8 Å². The van der Waals surface area contributed by atoms with Crippen LogP contribution >= 0.6 is 0 Å². The zero-order valence-electron chi connectivity index (χ0n) is 14.0. The largest absolute Gasteiger partial charge is 0.401 e. The second kappa shape index (κ2) is 8.22. The van der Waals surface area contributed by atoms with Gasteiger partial charge in [0.1, 0.15) is 0 Å². The fourth-order valence-electron chi connectivity index (χ4n) is 3.39. The second-order valence-electron chi connectivity index (χ2n) is 7.03. The molecule has 2 fully saturated rings. The Kier molecular flexibility index (Phi) is 6.56. The molecule has 23 heavy (non-hydrogen) atoms. The number of hydrogen-bond acceptors (Lipinski definition) is 2. The van der Waals surface area contributed by atoms with Gasteiger partial charge in [0.2, 0.25) is 0 Å². The number of hydrogen-bond donors (Lipinski definition) is 1. The molecule has 0 aromatic heterocycles. The lowest BCUT2D eigenvalue weighted by molar-refractivity contribution is -0.148. The van der Waals surface area contributed by atoms with Crippen LogP contribution in [0.1, 0.15) is 39.0 Å². The van der Waals surface area contributed by atoms with E-state index in [4.69, 9.17) is 5.73 Å². The highest BCUT2D eigenvalue weighted by Gasteiger charge is 2.32. The average molecular weight is 334 g/mol. The van der Waals surface area contributed by atoms with Crippen LogP contribution in [0.2, 0.25) is 0 Å². The van der Waals surface area contributed by atoms with Crippen molar-refractivity contribution in [3.63, 3.8) is 0 Å². The highest BCUT2D eigenvalue weighted by atomic mass is 19.4. The van der Waals surface area contributed by atoms with E-state index in [9.17, 15) is 13.2 Å². The fraction of sp³-hybridized carbons (Fsp3) is 0.938. The first-order valence-corrected chi connectivity index (χ1v) is 8.67. The Morgan fingerprint density at radius 2 is 1.70 bits per heavy atom. The van der Waals surface area contributed by atoms with E-state index in [-0.39, 0.29) is 0 Å². The molecule has 0 spiro atoms. The Morgan fingerprint density at radius 1 is 1.09 bits per heavy atom. The normalized spacial score (nSPS) is 23.5.